The summed E-state index contributed by atoms with van der Waals surface area (Å²) in [5.41, 5.74) is 3.81. The number of rotatable bonds is 6. The van der Waals surface area contributed by atoms with Crippen LogP contribution in [0.4, 0.5) is 0 Å². The number of ether oxygens (including phenoxy) is 1. The third-order valence-corrected chi connectivity index (χ3v) is 5.51. The normalized spacial score (nSPS) is 12.4. The van der Waals surface area contributed by atoms with E-state index in [-0.39, 0.29) is 0 Å². The third kappa shape index (κ3) is 4.28. The molecule has 4 aromatic rings. The smallest absolute Gasteiger partial charge is 0.206 e. The maximum Gasteiger partial charge on any atom is 0.206 e. The number of hydrogen-bond acceptors (Lipinski definition) is 5. The van der Waals surface area contributed by atoms with Gasteiger partial charge < -0.3 is 9.15 Å². The van der Waals surface area contributed by atoms with Crippen LogP contribution >= 0.6 is 11.3 Å². The van der Waals surface area contributed by atoms with Crippen molar-refractivity contribution in [1.29, 1.82) is 0 Å². The first-order valence-corrected chi connectivity index (χ1v) is 10.5. The zero-order valence-corrected chi connectivity index (χ0v) is 18.0. The van der Waals surface area contributed by atoms with E-state index in [9.17, 15) is 0 Å². The van der Waals surface area contributed by atoms with Crippen molar-refractivity contribution >= 4 is 17.0 Å². The van der Waals surface area contributed by atoms with Crippen LogP contribution in [0.5, 0.6) is 5.75 Å². The Hall–Kier alpha value is -3.38. The van der Waals surface area contributed by atoms with Crippen molar-refractivity contribution in [2.75, 3.05) is 7.11 Å². The van der Waals surface area contributed by atoms with Crippen LogP contribution in [0.25, 0.3) is 11.3 Å². The lowest BCUT2D eigenvalue weighted by atomic mass is 10.1. The number of benzene rings is 2. The summed E-state index contributed by atoms with van der Waals surface area (Å²) in [4.78, 5) is 5.64. The van der Waals surface area contributed by atoms with Gasteiger partial charge in [-0.1, -0.05) is 42.5 Å². The summed E-state index contributed by atoms with van der Waals surface area (Å²) in [5, 5.41) is 6.93. The summed E-state index contributed by atoms with van der Waals surface area (Å²) in [5.74, 6) is 2.39. The van der Waals surface area contributed by atoms with Gasteiger partial charge in [0.15, 0.2) is 0 Å². The van der Waals surface area contributed by atoms with Crippen LogP contribution in [0.1, 0.15) is 24.0 Å². The molecule has 0 bridgehead atoms. The first-order chi connectivity index (χ1) is 14.7. The molecule has 152 valence electrons. The van der Waals surface area contributed by atoms with Crippen LogP contribution in [0.3, 0.4) is 0 Å². The number of furan rings is 1. The van der Waals surface area contributed by atoms with Crippen molar-refractivity contribution in [3.63, 3.8) is 0 Å². The number of aryl methyl sites for hydroxylation is 1. The fourth-order valence-corrected chi connectivity index (χ4v) is 3.94. The molecule has 0 N–H and O–H groups in total. The lowest BCUT2D eigenvalue weighted by Crippen LogP contribution is -2.14. The minimum atomic E-state index is 0.584. The summed E-state index contributed by atoms with van der Waals surface area (Å²) in [6.07, 6.45) is 0. The molecule has 30 heavy (non-hydrogen) atoms. The summed E-state index contributed by atoms with van der Waals surface area (Å²) in [7, 11) is 1.68. The van der Waals surface area contributed by atoms with E-state index >= 15 is 0 Å². The Morgan fingerprint density at radius 3 is 2.53 bits per heavy atom. The van der Waals surface area contributed by atoms with Gasteiger partial charge >= 0.3 is 0 Å². The van der Waals surface area contributed by atoms with Crippen molar-refractivity contribution < 1.29 is 9.15 Å². The van der Waals surface area contributed by atoms with E-state index < -0.39 is 0 Å². The Balaban J connectivity index is 1.84. The van der Waals surface area contributed by atoms with Gasteiger partial charge in [0.05, 0.1) is 19.3 Å². The topological polar surface area (TPSA) is 52.0 Å². The van der Waals surface area contributed by atoms with Gasteiger partial charge in [-0.3, -0.25) is 4.99 Å². The molecular weight excluding hydrogens is 394 g/mol. The number of thiazole rings is 1. The molecule has 0 aliphatic carbocycles. The van der Waals surface area contributed by atoms with E-state index in [1.165, 1.54) is 0 Å². The van der Waals surface area contributed by atoms with Gasteiger partial charge in [0.25, 0.3) is 0 Å². The number of aromatic nitrogens is 1. The molecule has 2 heterocycles. The van der Waals surface area contributed by atoms with Gasteiger partial charge in [-0.25, -0.2) is 4.68 Å². The average molecular weight is 418 g/mol. The van der Waals surface area contributed by atoms with E-state index in [4.69, 9.17) is 19.2 Å². The molecule has 0 radical (unpaired) electrons. The molecule has 6 heteroatoms. The molecule has 4 rings (SSSR count). The van der Waals surface area contributed by atoms with E-state index in [0.29, 0.717) is 6.54 Å². The molecule has 0 spiro atoms. The van der Waals surface area contributed by atoms with Gasteiger partial charge in [0.1, 0.15) is 23.0 Å². The highest BCUT2D eigenvalue weighted by Crippen LogP contribution is 2.30. The molecule has 0 fully saturated rings. The number of hydrogen-bond donors (Lipinski definition) is 0. The van der Waals surface area contributed by atoms with E-state index in [1.54, 1.807) is 18.4 Å². The summed E-state index contributed by atoms with van der Waals surface area (Å²) in [6.45, 7) is 4.45. The van der Waals surface area contributed by atoms with E-state index in [1.807, 2.05) is 73.1 Å². The zero-order valence-electron chi connectivity index (χ0n) is 17.2. The van der Waals surface area contributed by atoms with Gasteiger partial charge in [0.2, 0.25) is 4.80 Å². The molecule has 2 aromatic heterocycles. The molecule has 0 aliphatic heterocycles. The summed E-state index contributed by atoms with van der Waals surface area (Å²) >= 11 is 1.55. The molecule has 0 saturated carbocycles. The molecule has 5 nitrogen and oxygen atoms in total. The third-order valence-electron chi connectivity index (χ3n) is 4.65. The van der Waals surface area contributed by atoms with Crippen molar-refractivity contribution in [2.24, 2.45) is 10.1 Å². The zero-order chi connectivity index (χ0) is 20.9. The van der Waals surface area contributed by atoms with Crippen molar-refractivity contribution in [3.8, 4) is 17.0 Å². The van der Waals surface area contributed by atoms with Gasteiger partial charge in [-0.2, -0.15) is 5.10 Å². The average Bonchev–Trinajstić information content (AvgIpc) is 3.39. The number of methoxy groups -OCH3 is 1. The molecule has 2 aromatic carbocycles. The lowest BCUT2D eigenvalue weighted by Gasteiger charge is -2.09. The second kappa shape index (κ2) is 8.97. The monoisotopic (exact) mass is 417 g/mol. The Labute approximate surface area is 179 Å². The second-order valence-electron chi connectivity index (χ2n) is 6.81. The molecule has 0 atom stereocenters. The first-order valence-electron chi connectivity index (χ1n) is 9.66. The molecule has 0 saturated heterocycles. The van der Waals surface area contributed by atoms with Gasteiger partial charge in [-0.05, 0) is 43.7 Å². The standard InChI is InChI=1S/C24H23N3O2S/c1-17-13-14-22(29-17)18(2)26-27-21(20-11-7-8-12-23(20)28-3)16-30-24(27)25-15-19-9-5-4-6-10-19/h4-14,16H,15H2,1-3H3. The Bertz CT molecular complexity index is 1230. The van der Waals surface area contributed by atoms with Crippen LogP contribution < -0.4 is 9.54 Å². The minimum Gasteiger partial charge on any atom is -0.496 e. The lowest BCUT2D eigenvalue weighted by molar-refractivity contribution is 0.416. The molecular formula is C24H23N3O2S. The van der Waals surface area contributed by atoms with Gasteiger partial charge in [0, 0.05) is 10.9 Å². The van der Waals surface area contributed by atoms with Crippen molar-refractivity contribution in [2.45, 2.75) is 20.4 Å². The van der Waals surface area contributed by atoms with E-state index in [2.05, 4.69) is 17.5 Å². The highest BCUT2D eigenvalue weighted by Gasteiger charge is 2.13. The van der Waals surface area contributed by atoms with Crippen LogP contribution in [0, 0.1) is 6.92 Å². The quantitative estimate of drug-likeness (QED) is 0.389. The van der Waals surface area contributed by atoms with Crippen LogP contribution in [0.15, 0.2) is 86.6 Å². The number of nitrogens with zero attached hydrogens (tertiary/aromatic N) is 3. The largest absolute Gasteiger partial charge is 0.496 e. The second-order valence-corrected chi connectivity index (χ2v) is 7.65. The summed E-state index contributed by atoms with van der Waals surface area (Å²) < 4.78 is 13.2. The van der Waals surface area contributed by atoms with Gasteiger partial charge in [-0.15, -0.1) is 11.3 Å². The van der Waals surface area contributed by atoms with Crippen molar-refractivity contribution in [3.05, 3.63) is 94.0 Å². The molecule has 0 amide bonds. The predicted octanol–water partition coefficient (Wildman–Crippen LogP) is 5.50. The summed E-state index contributed by atoms with van der Waals surface area (Å²) in [6, 6.07) is 22.0. The fraction of sp³-hybridized carbons (Fsp3) is 0.167. The first kappa shape index (κ1) is 19.9. The predicted molar refractivity (Wildman–Crippen MR) is 121 cm³/mol. The van der Waals surface area contributed by atoms with Crippen LogP contribution in [-0.4, -0.2) is 17.5 Å². The minimum absolute atomic E-state index is 0.584. The SMILES string of the molecule is COc1ccccc1-c1csc(=NCc2ccccc2)n1N=C(C)c1ccc(C)o1. The molecule has 0 unspecified atom stereocenters. The van der Waals surface area contributed by atoms with E-state index in [0.717, 1.165) is 44.6 Å². The number of para-hydroxylation sites is 1. The maximum absolute atomic E-state index is 5.76. The Kier molecular flexibility index (Phi) is 5.95. The fourth-order valence-electron chi connectivity index (χ4n) is 3.12. The highest BCUT2D eigenvalue weighted by atomic mass is 32.1. The highest BCUT2D eigenvalue weighted by molar-refractivity contribution is 7.07. The van der Waals surface area contributed by atoms with Crippen LogP contribution in [0.2, 0.25) is 0 Å². The maximum atomic E-state index is 5.76. The Morgan fingerprint density at radius 1 is 1.03 bits per heavy atom. The van der Waals surface area contributed by atoms with Crippen molar-refractivity contribution in [1.82, 2.24) is 4.68 Å². The molecule has 0 aliphatic rings. The van der Waals surface area contributed by atoms with Crippen LogP contribution in [-0.2, 0) is 6.54 Å². The Morgan fingerprint density at radius 2 is 1.80 bits per heavy atom.